The molecule has 1 N–H and O–H groups in total. The van der Waals surface area contributed by atoms with Gasteiger partial charge in [-0.25, -0.2) is 4.68 Å². The highest BCUT2D eigenvalue weighted by atomic mass is 16.6. The minimum atomic E-state index is -0.347. The average molecular weight is 459 g/mol. The second kappa shape index (κ2) is 8.90. The van der Waals surface area contributed by atoms with E-state index in [4.69, 9.17) is 9.47 Å². The number of fused-ring (bicyclic) bond motifs is 2. The molecular weight excluding hydrogens is 432 g/mol. The van der Waals surface area contributed by atoms with E-state index in [1.807, 2.05) is 41.1 Å². The Balaban J connectivity index is 1.46. The summed E-state index contributed by atoms with van der Waals surface area (Å²) in [5.74, 6) is 2.02. The van der Waals surface area contributed by atoms with Crippen LogP contribution in [0.2, 0.25) is 0 Å². The molecule has 2 aromatic heterocycles. The molecule has 0 saturated carbocycles. The Morgan fingerprint density at radius 2 is 1.74 bits per heavy atom. The number of nitrogens with zero attached hydrogens (tertiary/aromatic N) is 5. The maximum atomic E-state index is 13.4. The lowest BCUT2D eigenvalue weighted by Gasteiger charge is -2.33. The van der Waals surface area contributed by atoms with Gasteiger partial charge in [-0.05, 0) is 54.1 Å². The van der Waals surface area contributed by atoms with Crippen molar-refractivity contribution < 1.29 is 9.47 Å². The molecule has 4 aromatic rings. The standard InChI is InChI=1S/C25H26N6O3/c32-25-19(13-18-14-21-22(15-20(18)26-25)34-12-11-33-21)23(30-9-5-2-6-10-30)24-27-28-29-31(24)16-17-7-3-1-4-8-17/h1,3-4,7-8,13-15,23H,2,5-6,9-12,16H2,(H,26,32)/t23-/m1/s1. The van der Waals surface area contributed by atoms with Crippen molar-refractivity contribution in [2.24, 2.45) is 0 Å². The molecule has 6 rings (SSSR count). The van der Waals surface area contributed by atoms with Crippen molar-refractivity contribution in [2.45, 2.75) is 31.8 Å². The molecule has 0 spiro atoms. The zero-order valence-corrected chi connectivity index (χ0v) is 18.8. The first-order chi connectivity index (χ1) is 16.8. The summed E-state index contributed by atoms with van der Waals surface area (Å²) in [7, 11) is 0. The summed E-state index contributed by atoms with van der Waals surface area (Å²) in [6.07, 6.45) is 3.36. The minimum absolute atomic E-state index is 0.144. The Hall–Kier alpha value is -3.72. The number of H-pyrrole nitrogens is 1. The number of rotatable bonds is 5. The molecule has 1 atom stereocenters. The van der Waals surface area contributed by atoms with Gasteiger partial charge in [-0.1, -0.05) is 36.8 Å². The van der Waals surface area contributed by atoms with Crippen molar-refractivity contribution in [2.75, 3.05) is 26.3 Å². The van der Waals surface area contributed by atoms with Crippen molar-refractivity contribution in [3.8, 4) is 11.5 Å². The van der Waals surface area contributed by atoms with Gasteiger partial charge in [-0.2, -0.15) is 0 Å². The second-order valence-corrected chi connectivity index (χ2v) is 8.82. The quantitative estimate of drug-likeness (QED) is 0.491. The van der Waals surface area contributed by atoms with Gasteiger partial charge in [-0.15, -0.1) is 5.10 Å². The van der Waals surface area contributed by atoms with Gasteiger partial charge in [0.25, 0.3) is 5.56 Å². The molecule has 34 heavy (non-hydrogen) atoms. The summed E-state index contributed by atoms with van der Waals surface area (Å²) in [5, 5.41) is 13.6. The minimum Gasteiger partial charge on any atom is -0.486 e. The number of hydrogen-bond acceptors (Lipinski definition) is 7. The first kappa shape index (κ1) is 20.9. The summed E-state index contributed by atoms with van der Waals surface area (Å²) in [5.41, 5.74) is 2.31. The molecule has 2 aliphatic heterocycles. The van der Waals surface area contributed by atoms with Crippen LogP contribution in [0.1, 0.15) is 42.3 Å². The number of piperidine rings is 1. The molecule has 2 aliphatic rings. The van der Waals surface area contributed by atoms with E-state index in [0.717, 1.165) is 42.4 Å². The van der Waals surface area contributed by atoms with E-state index in [-0.39, 0.29) is 11.6 Å². The Kier molecular flexibility index (Phi) is 5.46. The van der Waals surface area contributed by atoms with Crippen LogP contribution >= 0.6 is 0 Å². The van der Waals surface area contributed by atoms with Crippen LogP contribution in [0.15, 0.2) is 53.3 Å². The Bertz CT molecular complexity index is 1360. The number of nitrogens with one attached hydrogen (secondary N) is 1. The molecule has 4 heterocycles. The number of likely N-dealkylation sites (tertiary alicyclic amines) is 1. The highest BCUT2D eigenvalue weighted by Crippen LogP contribution is 2.35. The van der Waals surface area contributed by atoms with Gasteiger partial charge < -0.3 is 14.5 Å². The molecule has 174 valence electrons. The molecule has 0 aliphatic carbocycles. The van der Waals surface area contributed by atoms with Gasteiger partial charge in [0, 0.05) is 17.0 Å². The third-order valence-corrected chi connectivity index (χ3v) is 6.57. The third kappa shape index (κ3) is 3.92. The van der Waals surface area contributed by atoms with Crippen molar-refractivity contribution in [1.82, 2.24) is 30.1 Å². The van der Waals surface area contributed by atoms with Crippen LogP contribution in [-0.4, -0.2) is 56.4 Å². The lowest BCUT2D eigenvalue weighted by atomic mass is 10.00. The van der Waals surface area contributed by atoms with Crippen LogP contribution in [-0.2, 0) is 6.54 Å². The van der Waals surface area contributed by atoms with Gasteiger partial charge in [-0.3, -0.25) is 9.69 Å². The fourth-order valence-corrected chi connectivity index (χ4v) is 4.91. The van der Waals surface area contributed by atoms with E-state index in [2.05, 4.69) is 37.5 Å². The van der Waals surface area contributed by atoms with E-state index in [1.54, 1.807) is 0 Å². The van der Waals surface area contributed by atoms with Crippen molar-refractivity contribution in [3.63, 3.8) is 0 Å². The van der Waals surface area contributed by atoms with Crippen molar-refractivity contribution in [1.29, 1.82) is 0 Å². The van der Waals surface area contributed by atoms with Gasteiger partial charge >= 0.3 is 0 Å². The normalized spacial score (nSPS) is 17.1. The van der Waals surface area contributed by atoms with E-state index < -0.39 is 0 Å². The molecular formula is C25H26N6O3. The maximum Gasteiger partial charge on any atom is 0.253 e. The lowest BCUT2D eigenvalue weighted by molar-refractivity contribution is 0.172. The number of aromatic amines is 1. The number of ether oxygens (including phenoxy) is 2. The molecule has 0 amide bonds. The van der Waals surface area contributed by atoms with E-state index in [0.29, 0.717) is 42.6 Å². The number of benzene rings is 2. The molecule has 9 heteroatoms. The fraction of sp³-hybridized carbons (Fsp3) is 0.360. The van der Waals surface area contributed by atoms with Crippen molar-refractivity contribution >= 4 is 10.9 Å². The van der Waals surface area contributed by atoms with Gasteiger partial charge in [0.2, 0.25) is 0 Å². The summed E-state index contributed by atoms with van der Waals surface area (Å²) in [6, 6.07) is 15.5. The van der Waals surface area contributed by atoms with E-state index in [9.17, 15) is 4.79 Å². The Labute approximate surface area is 196 Å². The predicted octanol–water partition coefficient (Wildman–Crippen LogP) is 2.91. The van der Waals surface area contributed by atoms with Gasteiger partial charge in [0.1, 0.15) is 19.3 Å². The number of aromatic nitrogens is 5. The van der Waals surface area contributed by atoms with Crippen LogP contribution in [0.5, 0.6) is 11.5 Å². The summed E-state index contributed by atoms with van der Waals surface area (Å²) >= 11 is 0. The Morgan fingerprint density at radius 3 is 2.53 bits per heavy atom. The van der Waals surface area contributed by atoms with Crippen molar-refractivity contribution in [3.05, 3.63) is 75.8 Å². The SMILES string of the molecule is O=c1[nH]c2cc3c(cc2cc1[C@H](c1nnnn1Cc1ccccc1)N1CCCCC1)OCCO3. The molecule has 0 bridgehead atoms. The van der Waals surface area contributed by atoms with Crippen LogP contribution < -0.4 is 15.0 Å². The predicted molar refractivity (Wildman–Crippen MR) is 126 cm³/mol. The zero-order valence-electron chi connectivity index (χ0n) is 18.8. The highest BCUT2D eigenvalue weighted by Gasteiger charge is 2.31. The fourth-order valence-electron chi connectivity index (χ4n) is 4.91. The molecule has 0 radical (unpaired) electrons. The number of pyridine rings is 1. The first-order valence-electron chi connectivity index (χ1n) is 11.8. The third-order valence-electron chi connectivity index (χ3n) is 6.57. The van der Waals surface area contributed by atoms with Crippen LogP contribution in [0, 0.1) is 0 Å². The summed E-state index contributed by atoms with van der Waals surface area (Å²) < 4.78 is 13.3. The maximum absolute atomic E-state index is 13.4. The number of tetrazole rings is 1. The van der Waals surface area contributed by atoms with Gasteiger partial charge in [0.05, 0.1) is 12.1 Å². The highest BCUT2D eigenvalue weighted by molar-refractivity contribution is 5.83. The lowest BCUT2D eigenvalue weighted by Crippen LogP contribution is -2.38. The first-order valence-corrected chi connectivity index (χ1v) is 11.8. The Morgan fingerprint density at radius 1 is 0.971 bits per heavy atom. The monoisotopic (exact) mass is 458 g/mol. The second-order valence-electron chi connectivity index (χ2n) is 8.82. The zero-order chi connectivity index (χ0) is 22.9. The van der Waals surface area contributed by atoms with Crippen LogP contribution in [0.25, 0.3) is 10.9 Å². The smallest absolute Gasteiger partial charge is 0.253 e. The average Bonchev–Trinajstić information content (AvgIpc) is 3.32. The molecule has 1 fully saturated rings. The van der Waals surface area contributed by atoms with Gasteiger partial charge in [0.15, 0.2) is 17.3 Å². The molecule has 2 aromatic carbocycles. The van der Waals surface area contributed by atoms with E-state index in [1.165, 1.54) is 6.42 Å². The number of hydrogen-bond donors (Lipinski definition) is 1. The largest absolute Gasteiger partial charge is 0.486 e. The van der Waals surface area contributed by atoms with Crippen LogP contribution in [0.4, 0.5) is 0 Å². The topological polar surface area (TPSA) is 98.2 Å². The molecule has 1 saturated heterocycles. The summed E-state index contributed by atoms with van der Waals surface area (Å²) in [4.78, 5) is 18.8. The van der Waals surface area contributed by atoms with E-state index >= 15 is 0 Å². The molecule has 0 unspecified atom stereocenters. The molecule has 9 nitrogen and oxygen atoms in total. The van der Waals surface area contributed by atoms with Crippen LogP contribution in [0.3, 0.4) is 0 Å². The summed E-state index contributed by atoms with van der Waals surface area (Å²) in [6.45, 7) is 3.34.